The second-order valence-electron chi connectivity index (χ2n) is 5.76. The predicted molar refractivity (Wildman–Crippen MR) is 68.8 cm³/mol. The van der Waals surface area contributed by atoms with Crippen LogP contribution in [0.4, 0.5) is 0 Å². The Kier molecular flexibility index (Phi) is 3.46. The van der Waals surface area contributed by atoms with Gasteiger partial charge in [0, 0.05) is 24.7 Å². The van der Waals surface area contributed by atoms with E-state index >= 15 is 0 Å². The highest BCUT2D eigenvalue weighted by Crippen LogP contribution is 2.32. The first-order valence-electron chi connectivity index (χ1n) is 6.67. The monoisotopic (exact) mass is 239 g/mol. The van der Waals surface area contributed by atoms with Crippen molar-refractivity contribution in [2.75, 3.05) is 20.6 Å². The van der Waals surface area contributed by atoms with Crippen molar-refractivity contribution in [3.63, 3.8) is 0 Å². The van der Waals surface area contributed by atoms with Crippen LogP contribution in [0.3, 0.4) is 0 Å². The Balaban J connectivity index is 2.24. The minimum atomic E-state index is 0.0176. The van der Waals surface area contributed by atoms with Crippen molar-refractivity contribution < 1.29 is 4.79 Å². The van der Waals surface area contributed by atoms with Gasteiger partial charge in [0.25, 0.3) is 0 Å². The van der Waals surface area contributed by atoms with E-state index < -0.39 is 0 Å². The highest BCUT2D eigenvalue weighted by molar-refractivity contribution is 5.83. The number of fused-ring (bicyclic) bond motifs is 1. The predicted octanol–water partition coefficient (Wildman–Crippen LogP) is 0.534. The van der Waals surface area contributed by atoms with Gasteiger partial charge in [0.1, 0.15) is 0 Å². The molecule has 2 heterocycles. The van der Waals surface area contributed by atoms with Crippen molar-refractivity contribution in [3.8, 4) is 0 Å². The third-order valence-electron chi connectivity index (χ3n) is 4.81. The lowest BCUT2D eigenvalue weighted by atomic mass is 9.81. The van der Waals surface area contributed by atoms with Crippen LogP contribution in [0.5, 0.6) is 0 Å². The van der Waals surface area contributed by atoms with E-state index in [0.717, 1.165) is 13.0 Å². The standard InChI is InChI=1S/C13H25N3O/c1-8-6-11(14-4)7-16-12(8)9(2)15(5)10(3)13(16)17/h8-12,14H,6-7H2,1-5H3. The summed E-state index contributed by atoms with van der Waals surface area (Å²) in [7, 11) is 4.06. The number of hydrogen-bond acceptors (Lipinski definition) is 3. The molecule has 2 fully saturated rings. The molecule has 5 unspecified atom stereocenters. The van der Waals surface area contributed by atoms with Crippen LogP contribution in [0, 0.1) is 5.92 Å². The van der Waals surface area contributed by atoms with Gasteiger partial charge in [0.05, 0.1) is 6.04 Å². The summed E-state index contributed by atoms with van der Waals surface area (Å²) in [5, 5.41) is 3.32. The topological polar surface area (TPSA) is 35.6 Å². The number of carbonyl (C=O) groups is 1. The van der Waals surface area contributed by atoms with Crippen LogP contribution in [0.15, 0.2) is 0 Å². The zero-order chi connectivity index (χ0) is 12.7. The van der Waals surface area contributed by atoms with E-state index in [-0.39, 0.29) is 6.04 Å². The zero-order valence-corrected chi connectivity index (χ0v) is 11.6. The molecule has 2 rings (SSSR count). The normalized spacial score (nSPS) is 43.7. The van der Waals surface area contributed by atoms with Gasteiger partial charge in [-0.25, -0.2) is 0 Å². The van der Waals surface area contributed by atoms with Crippen LogP contribution in [-0.2, 0) is 4.79 Å². The molecule has 5 atom stereocenters. The Morgan fingerprint density at radius 2 is 1.94 bits per heavy atom. The quantitative estimate of drug-likeness (QED) is 0.725. The van der Waals surface area contributed by atoms with Gasteiger partial charge in [-0.05, 0) is 40.3 Å². The summed E-state index contributed by atoms with van der Waals surface area (Å²) in [6.45, 7) is 7.40. The molecule has 0 bridgehead atoms. The first-order valence-corrected chi connectivity index (χ1v) is 6.67. The van der Waals surface area contributed by atoms with Crippen LogP contribution < -0.4 is 5.32 Å². The fourth-order valence-electron chi connectivity index (χ4n) is 3.52. The number of nitrogens with one attached hydrogen (secondary N) is 1. The van der Waals surface area contributed by atoms with Crippen molar-refractivity contribution >= 4 is 5.91 Å². The minimum Gasteiger partial charge on any atom is -0.335 e. The fourth-order valence-corrected chi connectivity index (χ4v) is 3.52. The fraction of sp³-hybridized carbons (Fsp3) is 0.923. The first kappa shape index (κ1) is 12.8. The minimum absolute atomic E-state index is 0.0176. The number of hydrogen-bond donors (Lipinski definition) is 1. The van der Waals surface area contributed by atoms with Crippen molar-refractivity contribution in [1.82, 2.24) is 15.1 Å². The smallest absolute Gasteiger partial charge is 0.240 e. The average Bonchev–Trinajstić information content (AvgIpc) is 2.32. The van der Waals surface area contributed by atoms with Gasteiger partial charge in [-0.1, -0.05) is 6.92 Å². The molecule has 0 aromatic heterocycles. The molecule has 98 valence electrons. The molecular weight excluding hydrogens is 214 g/mol. The molecule has 0 aromatic carbocycles. The number of nitrogens with zero attached hydrogens (tertiary/aromatic N) is 2. The van der Waals surface area contributed by atoms with E-state index in [9.17, 15) is 4.79 Å². The van der Waals surface area contributed by atoms with Gasteiger partial charge in [-0.3, -0.25) is 9.69 Å². The number of likely N-dealkylation sites (N-methyl/N-ethyl adjacent to an activating group) is 2. The molecule has 1 amide bonds. The summed E-state index contributed by atoms with van der Waals surface area (Å²) in [6, 6.07) is 1.31. The van der Waals surface area contributed by atoms with Crippen LogP contribution in [0.25, 0.3) is 0 Å². The van der Waals surface area contributed by atoms with E-state index in [1.54, 1.807) is 0 Å². The Morgan fingerprint density at radius 1 is 1.29 bits per heavy atom. The Bertz CT molecular complexity index is 307. The summed E-state index contributed by atoms with van der Waals surface area (Å²) < 4.78 is 0. The van der Waals surface area contributed by atoms with E-state index in [4.69, 9.17) is 0 Å². The molecule has 0 spiro atoms. The van der Waals surface area contributed by atoms with Crippen molar-refractivity contribution in [2.24, 2.45) is 5.92 Å². The zero-order valence-electron chi connectivity index (χ0n) is 11.6. The molecule has 0 radical (unpaired) electrons. The Hall–Kier alpha value is -0.610. The molecule has 4 nitrogen and oxygen atoms in total. The highest BCUT2D eigenvalue weighted by Gasteiger charge is 2.46. The molecule has 2 aliphatic heterocycles. The highest BCUT2D eigenvalue weighted by atomic mass is 16.2. The van der Waals surface area contributed by atoms with E-state index in [0.29, 0.717) is 30.0 Å². The van der Waals surface area contributed by atoms with E-state index in [2.05, 4.69) is 36.0 Å². The van der Waals surface area contributed by atoms with Gasteiger partial charge in [0.2, 0.25) is 5.91 Å². The van der Waals surface area contributed by atoms with Crippen LogP contribution >= 0.6 is 0 Å². The van der Waals surface area contributed by atoms with Crippen LogP contribution in [0.1, 0.15) is 27.2 Å². The molecule has 17 heavy (non-hydrogen) atoms. The lowest BCUT2D eigenvalue weighted by Crippen LogP contribution is -2.69. The van der Waals surface area contributed by atoms with Crippen molar-refractivity contribution in [2.45, 2.75) is 51.4 Å². The maximum Gasteiger partial charge on any atom is 0.240 e. The molecule has 2 saturated heterocycles. The lowest BCUT2D eigenvalue weighted by molar-refractivity contribution is -0.154. The molecule has 1 N–H and O–H groups in total. The summed E-state index contributed by atoms with van der Waals surface area (Å²) in [4.78, 5) is 16.7. The van der Waals surface area contributed by atoms with E-state index in [1.807, 2.05) is 14.0 Å². The average molecular weight is 239 g/mol. The summed E-state index contributed by atoms with van der Waals surface area (Å²) in [5.74, 6) is 0.859. The molecule has 0 saturated carbocycles. The van der Waals surface area contributed by atoms with Gasteiger partial charge in [-0.15, -0.1) is 0 Å². The maximum absolute atomic E-state index is 12.4. The Labute approximate surface area is 104 Å². The van der Waals surface area contributed by atoms with Crippen LogP contribution in [-0.4, -0.2) is 60.5 Å². The number of carbonyl (C=O) groups excluding carboxylic acids is 1. The second kappa shape index (κ2) is 4.58. The van der Waals surface area contributed by atoms with Crippen molar-refractivity contribution in [3.05, 3.63) is 0 Å². The van der Waals surface area contributed by atoms with Gasteiger partial charge < -0.3 is 10.2 Å². The second-order valence-corrected chi connectivity index (χ2v) is 5.76. The molecular formula is C13H25N3O. The van der Waals surface area contributed by atoms with Gasteiger partial charge in [-0.2, -0.15) is 0 Å². The SMILES string of the molecule is CNC1CC(C)C2C(C)N(C)C(C)C(=O)N2C1. The number of piperazine rings is 1. The molecule has 0 aromatic rings. The van der Waals surface area contributed by atoms with Crippen LogP contribution in [0.2, 0.25) is 0 Å². The first-order chi connectivity index (χ1) is 7.97. The third-order valence-corrected chi connectivity index (χ3v) is 4.81. The molecule has 0 aliphatic carbocycles. The summed E-state index contributed by atoms with van der Waals surface area (Å²) in [6.07, 6.45) is 1.16. The Morgan fingerprint density at radius 3 is 2.53 bits per heavy atom. The van der Waals surface area contributed by atoms with Crippen molar-refractivity contribution in [1.29, 1.82) is 0 Å². The number of amides is 1. The molecule has 2 aliphatic rings. The van der Waals surface area contributed by atoms with Gasteiger partial charge in [0.15, 0.2) is 0 Å². The number of rotatable bonds is 1. The summed E-state index contributed by atoms with van der Waals surface area (Å²) >= 11 is 0. The largest absolute Gasteiger partial charge is 0.335 e. The van der Waals surface area contributed by atoms with E-state index in [1.165, 1.54) is 0 Å². The third kappa shape index (κ3) is 1.97. The van der Waals surface area contributed by atoms with Gasteiger partial charge >= 0.3 is 0 Å². The maximum atomic E-state index is 12.4. The lowest BCUT2D eigenvalue weighted by Gasteiger charge is -2.54. The number of piperidine rings is 1. The molecule has 4 heteroatoms. The summed E-state index contributed by atoms with van der Waals surface area (Å²) in [5.41, 5.74) is 0.